The van der Waals surface area contributed by atoms with Gasteiger partial charge in [-0.25, -0.2) is 14.4 Å². The minimum absolute atomic E-state index is 0.0949. The molecule has 1 atom stereocenters. The number of thioether (sulfide) groups is 1. The molecule has 34 heavy (non-hydrogen) atoms. The van der Waals surface area contributed by atoms with Crippen LogP contribution in [0.1, 0.15) is 17.4 Å². The molecular weight excluding hydrogens is 477 g/mol. The fourth-order valence-electron chi connectivity index (χ4n) is 3.98. The average molecular weight is 498 g/mol. The van der Waals surface area contributed by atoms with E-state index in [1.54, 1.807) is 12.1 Å². The lowest BCUT2D eigenvalue weighted by Gasteiger charge is -2.29. The van der Waals surface area contributed by atoms with Gasteiger partial charge in [0.1, 0.15) is 23.3 Å². The zero-order chi connectivity index (χ0) is 23.7. The number of rotatable bonds is 5. The minimum Gasteiger partial charge on any atom is -0.382 e. The predicted octanol–water partition coefficient (Wildman–Crippen LogP) is 4.52. The second-order valence-electron chi connectivity index (χ2n) is 7.78. The van der Waals surface area contributed by atoms with Crippen LogP contribution >= 0.6 is 23.4 Å². The topological polar surface area (TPSA) is 84.3 Å². The van der Waals surface area contributed by atoms with Gasteiger partial charge in [-0.1, -0.05) is 11.6 Å². The summed E-state index contributed by atoms with van der Waals surface area (Å²) in [5, 5.41) is 20.6. The first-order valence-corrected chi connectivity index (χ1v) is 12.3. The number of aliphatic hydroxyl groups is 1. The molecule has 10 heteroatoms. The standard InChI is InChI=1S/C24H21ClFN5O2S/c1-34-22-5-4-20(29-30-22)24(32)16-11-17(19(26)12-18(16)25)23-15-3-2-14(10-21(15)27-13-28-23)31-6-8-33-9-7-31/h2-5,10-13,24,32H,6-9H2,1H3. The number of aromatic nitrogens is 4. The van der Waals surface area contributed by atoms with Gasteiger partial charge in [0.05, 0.1) is 30.1 Å². The van der Waals surface area contributed by atoms with Gasteiger partial charge in [-0.15, -0.1) is 16.9 Å². The van der Waals surface area contributed by atoms with Crippen molar-refractivity contribution in [3.8, 4) is 11.3 Å². The van der Waals surface area contributed by atoms with E-state index in [-0.39, 0.29) is 10.6 Å². The highest BCUT2D eigenvalue weighted by Crippen LogP contribution is 2.36. The maximum Gasteiger partial charge on any atom is 0.134 e. The number of aliphatic hydroxyl groups excluding tert-OH is 1. The molecule has 0 radical (unpaired) electrons. The summed E-state index contributed by atoms with van der Waals surface area (Å²) in [6, 6.07) is 12.0. The summed E-state index contributed by atoms with van der Waals surface area (Å²) in [5.74, 6) is -0.540. The van der Waals surface area contributed by atoms with Crippen molar-refractivity contribution in [3.05, 3.63) is 70.9 Å². The van der Waals surface area contributed by atoms with Crippen LogP contribution in [0.5, 0.6) is 0 Å². The summed E-state index contributed by atoms with van der Waals surface area (Å²) < 4.78 is 20.5. The number of ether oxygens (including phenoxy) is 1. The van der Waals surface area contributed by atoms with Crippen LogP contribution in [0.3, 0.4) is 0 Å². The van der Waals surface area contributed by atoms with Crippen molar-refractivity contribution in [2.45, 2.75) is 11.1 Å². The summed E-state index contributed by atoms with van der Waals surface area (Å²) in [6.45, 7) is 2.96. The molecule has 5 rings (SSSR count). The van der Waals surface area contributed by atoms with Gasteiger partial charge in [-0.05, 0) is 48.7 Å². The van der Waals surface area contributed by atoms with Gasteiger partial charge in [0.25, 0.3) is 0 Å². The van der Waals surface area contributed by atoms with Crippen LogP contribution in [0.2, 0.25) is 5.02 Å². The van der Waals surface area contributed by atoms with Crippen LogP contribution in [-0.4, -0.2) is 57.8 Å². The Kier molecular flexibility index (Phi) is 6.60. The Morgan fingerprint density at radius 3 is 2.65 bits per heavy atom. The normalized spacial score (nSPS) is 15.0. The smallest absolute Gasteiger partial charge is 0.134 e. The monoisotopic (exact) mass is 497 g/mol. The number of halogens is 2. The SMILES string of the molecule is CSc1ccc(C(O)c2cc(-c3ncnc4cc(N5CCOCC5)ccc34)c(F)cc2Cl)nn1. The number of benzene rings is 2. The summed E-state index contributed by atoms with van der Waals surface area (Å²) in [6.07, 6.45) is 2.13. The molecule has 3 heterocycles. The summed E-state index contributed by atoms with van der Waals surface area (Å²) in [7, 11) is 0. The lowest BCUT2D eigenvalue weighted by molar-refractivity contribution is 0.122. The second kappa shape index (κ2) is 9.79. The van der Waals surface area contributed by atoms with E-state index >= 15 is 4.39 Å². The Labute approximate surface area is 205 Å². The van der Waals surface area contributed by atoms with E-state index in [0.717, 1.165) is 23.8 Å². The average Bonchev–Trinajstić information content (AvgIpc) is 2.88. The van der Waals surface area contributed by atoms with Crippen LogP contribution < -0.4 is 4.90 Å². The molecule has 174 valence electrons. The number of morpholine rings is 1. The molecule has 1 N–H and O–H groups in total. The highest BCUT2D eigenvalue weighted by atomic mass is 35.5. The molecule has 0 saturated carbocycles. The van der Waals surface area contributed by atoms with E-state index in [0.29, 0.717) is 41.1 Å². The van der Waals surface area contributed by atoms with E-state index in [1.165, 1.54) is 30.2 Å². The van der Waals surface area contributed by atoms with Gasteiger partial charge in [-0.3, -0.25) is 0 Å². The van der Waals surface area contributed by atoms with Gasteiger partial charge < -0.3 is 14.7 Å². The molecule has 0 bridgehead atoms. The van der Waals surface area contributed by atoms with Crippen LogP contribution in [0.15, 0.2) is 53.8 Å². The van der Waals surface area contributed by atoms with Crippen molar-refractivity contribution in [2.75, 3.05) is 37.5 Å². The summed E-state index contributed by atoms with van der Waals surface area (Å²) in [5.41, 5.74) is 3.01. The molecule has 1 aliphatic rings. The third-order valence-electron chi connectivity index (χ3n) is 5.78. The van der Waals surface area contributed by atoms with E-state index in [4.69, 9.17) is 16.3 Å². The van der Waals surface area contributed by atoms with Crippen molar-refractivity contribution in [1.82, 2.24) is 20.2 Å². The third kappa shape index (κ3) is 4.44. The quantitative estimate of drug-likeness (QED) is 0.403. The maximum atomic E-state index is 15.1. The minimum atomic E-state index is -1.17. The molecule has 2 aromatic heterocycles. The Hall–Kier alpha value is -2.85. The fraction of sp³-hybridized carbons (Fsp3) is 0.250. The van der Waals surface area contributed by atoms with E-state index < -0.39 is 11.9 Å². The Morgan fingerprint density at radius 1 is 1.09 bits per heavy atom. The van der Waals surface area contributed by atoms with Crippen molar-refractivity contribution < 1.29 is 14.2 Å². The molecule has 2 aromatic carbocycles. The van der Waals surface area contributed by atoms with Gasteiger partial charge in [0, 0.05) is 40.3 Å². The van der Waals surface area contributed by atoms with Crippen LogP contribution in [0.4, 0.5) is 10.1 Å². The lowest BCUT2D eigenvalue weighted by Crippen LogP contribution is -2.36. The number of hydrogen-bond acceptors (Lipinski definition) is 8. The zero-order valence-corrected chi connectivity index (χ0v) is 19.9. The van der Waals surface area contributed by atoms with Crippen LogP contribution in [0, 0.1) is 5.82 Å². The van der Waals surface area contributed by atoms with E-state index in [9.17, 15) is 5.11 Å². The molecular formula is C24H21ClFN5O2S. The van der Waals surface area contributed by atoms with E-state index in [1.807, 2.05) is 24.5 Å². The van der Waals surface area contributed by atoms with Crippen molar-refractivity contribution in [2.24, 2.45) is 0 Å². The molecule has 1 saturated heterocycles. The first kappa shape index (κ1) is 22.9. The molecule has 4 aromatic rings. The van der Waals surface area contributed by atoms with Crippen molar-refractivity contribution in [3.63, 3.8) is 0 Å². The third-order valence-corrected chi connectivity index (χ3v) is 6.75. The second-order valence-corrected chi connectivity index (χ2v) is 9.01. The van der Waals surface area contributed by atoms with Crippen LogP contribution in [-0.2, 0) is 4.74 Å². The fourth-order valence-corrected chi connectivity index (χ4v) is 4.56. The molecule has 1 fully saturated rings. The van der Waals surface area contributed by atoms with Gasteiger partial charge >= 0.3 is 0 Å². The van der Waals surface area contributed by atoms with Crippen molar-refractivity contribution in [1.29, 1.82) is 0 Å². The molecule has 1 aliphatic heterocycles. The number of anilines is 1. The molecule has 0 spiro atoms. The van der Waals surface area contributed by atoms with Gasteiger partial charge in [-0.2, -0.15) is 5.10 Å². The molecule has 0 aliphatic carbocycles. The van der Waals surface area contributed by atoms with Crippen LogP contribution in [0.25, 0.3) is 22.2 Å². The lowest BCUT2D eigenvalue weighted by atomic mass is 9.99. The first-order chi connectivity index (χ1) is 16.5. The first-order valence-electron chi connectivity index (χ1n) is 10.7. The van der Waals surface area contributed by atoms with Crippen molar-refractivity contribution >= 4 is 40.0 Å². The predicted molar refractivity (Wildman–Crippen MR) is 131 cm³/mol. The molecule has 7 nitrogen and oxygen atoms in total. The number of fused-ring (bicyclic) bond motifs is 1. The largest absolute Gasteiger partial charge is 0.382 e. The zero-order valence-electron chi connectivity index (χ0n) is 18.3. The Morgan fingerprint density at radius 2 is 1.91 bits per heavy atom. The number of nitrogens with zero attached hydrogens (tertiary/aromatic N) is 5. The van der Waals surface area contributed by atoms with Gasteiger partial charge in [0.15, 0.2) is 0 Å². The Balaban J connectivity index is 1.55. The Bertz CT molecular complexity index is 1340. The molecule has 0 amide bonds. The highest BCUT2D eigenvalue weighted by Gasteiger charge is 2.21. The van der Waals surface area contributed by atoms with E-state index in [2.05, 4.69) is 25.1 Å². The maximum absolute atomic E-state index is 15.1. The summed E-state index contributed by atoms with van der Waals surface area (Å²) in [4.78, 5) is 11.0. The summed E-state index contributed by atoms with van der Waals surface area (Å²) >= 11 is 7.76. The van der Waals surface area contributed by atoms with Gasteiger partial charge in [0.2, 0.25) is 0 Å². The molecule has 1 unspecified atom stereocenters. The highest BCUT2D eigenvalue weighted by molar-refractivity contribution is 7.98. The number of hydrogen-bond donors (Lipinski definition) is 1.